The zero-order valence-electron chi connectivity index (χ0n) is 11.0. The van der Waals surface area contributed by atoms with E-state index in [0.29, 0.717) is 6.61 Å². The predicted octanol–water partition coefficient (Wildman–Crippen LogP) is 0.922. The Labute approximate surface area is 112 Å². The molecule has 0 amide bonds. The van der Waals surface area contributed by atoms with Crippen LogP contribution in [0.2, 0.25) is 0 Å². The van der Waals surface area contributed by atoms with Crippen molar-refractivity contribution in [2.45, 2.75) is 18.7 Å². The van der Waals surface area contributed by atoms with Crippen LogP contribution in [0.25, 0.3) is 0 Å². The van der Waals surface area contributed by atoms with Crippen molar-refractivity contribution in [1.29, 1.82) is 0 Å². The molecule has 1 aliphatic heterocycles. The monoisotopic (exact) mass is 271 g/mol. The van der Waals surface area contributed by atoms with Crippen LogP contribution < -0.4 is 5.32 Å². The van der Waals surface area contributed by atoms with E-state index in [4.69, 9.17) is 9.47 Å². The highest BCUT2D eigenvalue weighted by molar-refractivity contribution is 7.99. The summed E-state index contributed by atoms with van der Waals surface area (Å²) in [7, 11) is 3.68. The van der Waals surface area contributed by atoms with Crippen LogP contribution in [-0.2, 0) is 16.0 Å². The molecule has 18 heavy (non-hydrogen) atoms. The molecule has 0 aliphatic carbocycles. The largest absolute Gasteiger partial charge is 0.383 e. The van der Waals surface area contributed by atoms with E-state index in [2.05, 4.69) is 16.5 Å². The molecule has 1 N–H and O–H groups in total. The van der Waals surface area contributed by atoms with Crippen molar-refractivity contribution >= 4 is 11.8 Å². The molecule has 5 nitrogen and oxygen atoms in total. The highest BCUT2D eigenvalue weighted by atomic mass is 32.2. The molecule has 2 atom stereocenters. The third-order valence-electron chi connectivity index (χ3n) is 3.10. The summed E-state index contributed by atoms with van der Waals surface area (Å²) in [6.45, 7) is 2.28. The Morgan fingerprint density at radius 1 is 1.72 bits per heavy atom. The van der Waals surface area contributed by atoms with Gasteiger partial charge in [-0.3, -0.25) is 4.68 Å². The minimum atomic E-state index is 0.192. The smallest absolute Gasteiger partial charge is 0.0875 e. The predicted molar refractivity (Wildman–Crippen MR) is 73.0 cm³/mol. The number of thioether (sulfide) groups is 1. The van der Waals surface area contributed by atoms with E-state index in [1.165, 1.54) is 5.69 Å². The average molecular weight is 271 g/mol. The molecule has 1 saturated heterocycles. The molecule has 0 radical (unpaired) electrons. The molecular formula is C12H21N3O2S. The third kappa shape index (κ3) is 3.26. The molecule has 1 fully saturated rings. The summed E-state index contributed by atoms with van der Waals surface area (Å²) in [4.78, 5) is 0. The van der Waals surface area contributed by atoms with Crippen LogP contribution in [0.15, 0.2) is 12.3 Å². The Morgan fingerprint density at radius 3 is 3.28 bits per heavy atom. The van der Waals surface area contributed by atoms with Gasteiger partial charge in [0.15, 0.2) is 0 Å². The van der Waals surface area contributed by atoms with E-state index in [-0.39, 0.29) is 12.1 Å². The van der Waals surface area contributed by atoms with Gasteiger partial charge in [0.25, 0.3) is 0 Å². The van der Waals surface area contributed by atoms with Crippen molar-refractivity contribution in [1.82, 2.24) is 15.1 Å². The van der Waals surface area contributed by atoms with Crippen LogP contribution in [0.5, 0.6) is 0 Å². The lowest BCUT2D eigenvalue weighted by atomic mass is 10.1. The van der Waals surface area contributed by atoms with Crippen LogP contribution in [0.4, 0.5) is 0 Å². The van der Waals surface area contributed by atoms with E-state index in [0.717, 1.165) is 24.7 Å². The highest BCUT2D eigenvalue weighted by Gasteiger charge is 2.27. The molecule has 0 bridgehead atoms. The number of hydrogen-bond donors (Lipinski definition) is 1. The fourth-order valence-electron chi connectivity index (χ4n) is 2.19. The summed E-state index contributed by atoms with van der Waals surface area (Å²) in [5.74, 6) is 2.12. The van der Waals surface area contributed by atoms with Gasteiger partial charge < -0.3 is 14.8 Å². The van der Waals surface area contributed by atoms with Gasteiger partial charge in [0.2, 0.25) is 0 Å². The van der Waals surface area contributed by atoms with Crippen molar-refractivity contribution in [3.05, 3.63) is 18.0 Å². The topological polar surface area (TPSA) is 48.3 Å². The lowest BCUT2D eigenvalue weighted by Crippen LogP contribution is -2.38. The molecular weight excluding hydrogens is 250 g/mol. The van der Waals surface area contributed by atoms with Gasteiger partial charge in [0.05, 0.1) is 37.6 Å². The summed E-state index contributed by atoms with van der Waals surface area (Å²) in [6, 6.07) is 2.25. The summed E-state index contributed by atoms with van der Waals surface area (Å²) < 4.78 is 13.0. The standard InChI is InChI=1S/C12H21N3O2S/c1-13-12(11-9-18-8-7-17-11)10-3-4-14-15(10)5-6-16-2/h3-4,11-13H,5-9H2,1-2H3. The maximum Gasteiger partial charge on any atom is 0.0875 e. The Morgan fingerprint density at radius 2 is 2.61 bits per heavy atom. The fourth-order valence-corrected chi connectivity index (χ4v) is 3.10. The maximum atomic E-state index is 5.86. The summed E-state index contributed by atoms with van der Waals surface area (Å²) in [5, 5.41) is 7.70. The quantitative estimate of drug-likeness (QED) is 0.834. The number of nitrogens with one attached hydrogen (secondary N) is 1. The van der Waals surface area contributed by atoms with Gasteiger partial charge in [-0.25, -0.2) is 0 Å². The summed E-state index contributed by atoms with van der Waals surface area (Å²) in [5.41, 5.74) is 1.17. The first-order valence-electron chi connectivity index (χ1n) is 6.24. The Bertz CT molecular complexity index is 353. The lowest BCUT2D eigenvalue weighted by Gasteiger charge is -2.30. The van der Waals surface area contributed by atoms with Crippen LogP contribution >= 0.6 is 11.8 Å². The van der Waals surface area contributed by atoms with Gasteiger partial charge in [-0.1, -0.05) is 0 Å². The van der Waals surface area contributed by atoms with Crippen LogP contribution in [0.1, 0.15) is 11.7 Å². The molecule has 0 spiro atoms. The molecule has 2 rings (SSSR count). The van der Waals surface area contributed by atoms with E-state index >= 15 is 0 Å². The fraction of sp³-hybridized carbons (Fsp3) is 0.750. The number of aromatic nitrogens is 2. The normalized spacial score (nSPS) is 22.0. The average Bonchev–Trinajstić information content (AvgIpc) is 2.87. The SMILES string of the molecule is CNC(c1ccnn1CCOC)C1CSCCO1. The van der Waals surface area contributed by atoms with Gasteiger partial charge in [-0.2, -0.15) is 16.9 Å². The third-order valence-corrected chi connectivity index (χ3v) is 4.12. The van der Waals surface area contributed by atoms with Crippen molar-refractivity contribution in [3.8, 4) is 0 Å². The second-order valence-corrected chi connectivity index (χ2v) is 5.37. The zero-order chi connectivity index (χ0) is 12.8. The first-order valence-corrected chi connectivity index (χ1v) is 7.39. The van der Waals surface area contributed by atoms with Gasteiger partial charge in [0.1, 0.15) is 0 Å². The molecule has 0 saturated carbocycles. The highest BCUT2D eigenvalue weighted by Crippen LogP contribution is 2.25. The molecule has 102 valence electrons. The number of ether oxygens (including phenoxy) is 2. The van der Waals surface area contributed by atoms with Crippen LogP contribution in [0, 0.1) is 0 Å². The van der Waals surface area contributed by atoms with E-state index in [1.807, 2.05) is 29.7 Å². The molecule has 2 unspecified atom stereocenters. The lowest BCUT2D eigenvalue weighted by molar-refractivity contribution is 0.0460. The Balaban J connectivity index is 2.08. The zero-order valence-corrected chi connectivity index (χ0v) is 11.8. The molecule has 0 aromatic carbocycles. The first-order chi connectivity index (χ1) is 8.86. The van der Waals surface area contributed by atoms with E-state index < -0.39 is 0 Å². The number of hydrogen-bond acceptors (Lipinski definition) is 5. The number of rotatable bonds is 6. The van der Waals surface area contributed by atoms with Crippen molar-refractivity contribution in [3.63, 3.8) is 0 Å². The number of nitrogens with zero attached hydrogens (tertiary/aromatic N) is 2. The minimum Gasteiger partial charge on any atom is -0.383 e. The van der Waals surface area contributed by atoms with E-state index in [9.17, 15) is 0 Å². The second-order valence-electron chi connectivity index (χ2n) is 4.22. The van der Waals surface area contributed by atoms with Crippen molar-refractivity contribution < 1.29 is 9.47 Å². The molecule has 1 aromatic rings. The van der Waals surface area contributed by atoms with Gasteiger partial charge >= 0.3 is 0 Å². The second kappa shape index (κ2) is 7.13. The van der Waals surface area contributed by atoms with Gasteiger partial charge in [0, 0.05) is 24.8 Å². The van der Waals surface area contributed by atoms with Crippen molar-refractivity contribution in [2.75, 3.05) is 38.9 Å². The summed E-state index contributed by atoms with van der Waals surface area (Å²) in [6.07, 6.45) is 2.05. The first kappa shape index (κ1) is 13.9. The van der Waals surface area contributed by atoms with E-state index in [1.54, 1.807) is 7.11 Å². The summed E-state index contributed by atoms with van der Waals surface area (Å²) >= 11 is 1.95. The van der Waals surface area contributed by atoms with Crippen LogP contribution in [0.3, 0.4) is 0 Å². The minimum absolute atomic E-state index is 0.192. The molecule has 6 heteroatoms. The van der Waals surface area contributed by atoms with Gasteiger partial charge in [-0.05, 0) is 13.1 Å². The number of likely N-dealkylation sites (N-methyl/N-ethyl adjacent to an activating group) is 1. The molecule has 1 aromatic heterocycles. The molecule has 2 heterocycles. The Kier molecular flexibility index (Phi) is 5.49. The Hall–Kier alpha value is -0.560. The van der Waals surface area contributed by atoms with Crippen LogP contribution in [-0.4, -0.2) is 54.8 Å². The van der Waals surface area contributed by atoms with Crippen molar-refractivity contribution in [2.24, 2.45) is 0 Å². The maximum absolute atomic E-state index is 5.86. The number of methoxy groups -OCH3 is 1. The molecule has 1 aliphatic rings. The van der Waals surface area contributed by atoms with Gasteiger partial charge in [-0.15, -0.1) is 0 Å².